The SMILES string of the molecule is Cc1cccc(CO[C@@H]2CCOC3(C2)CN(C(=O)[C@@H]2CCOC2)C3)n1. The molecule has 2 atom stereocenters. The van der Waals surface area contributed by atoms with Gasteiger partial charge in [0.25, 0.3) is 0 Å². The molecule has 0 radical (unpaired) electrons. The second-order valence-corrected chi connectivity index (χ2v) is 7.48. The maximum Gasteiger partial charge on any atom is 0.228 e. The van der Waals surface area contributed by atoms with Crippen LogP contribution in [0.25, 0.3) is 0 Å². The molecule has 4 rings (SSSR count). The summed E-state index contributed by atoms with van der Waals surface area (Å²) in [5.74, 6) is 0.263. The van der Waals surface area contributed by atoms with Crippen molar-refractivity contribution in [1.82, 2.24) is 9.88 Å². The number of nitrogens with zero attached hydrogens (tertiary/aromatic N) is 2. The molecule has 6 nitrogen and oxygen atoms in total. The molecule has 136 valence electrons. The number of aryl methyl sites for hydroxylation is 1. The average Bonchev–Trinajstić information content (AvgIpc) is 3.12. The number of carbonyl (C=O) groups excluding carboxylic acids is 1. The van der Waals surface area contributed by atoms with Crippen LogP contribution in [0, 0.1) is 12.8 Å². The second kappa shape index (κ2) is 7.02. The van der Waals surface area contributed by atoms with Gasteiger partial charge in [-0.1, -0.05) is 6.07 Å². The van der Waals surface area contributed by atoms with Crippen LogP contribution >= 0.6 is 0 Å². The number of hydrogen-bond acceptors (Lipinski definition) is 5. The molecule has 0 unspecified atom stereocenters. The normalized spacial score (nSPS) is 28.1. The van der Waals surface area contributed by atoms with Crippen molar-refractivity contribution in [2.24, 2.45) is 5.92 Å². The Labute approximate surface area is 148 Å². The number of amides is 1. The summed E-state index contributed by atoms with van der Waals surface area (Å²) in [6, 6.07) is 5.99. The molecule has 0 N–H and O–H groups in total. The summed E-state index contributed by atoms with van der Waals surface area (Å²) in [7, 11) is 0. The van der Waals surface area contributed by atoms with E-state index in [-0.39, 0.29) is 23.5 Å². The monoisotopic (exact) mass is 346 g/mol. The number of hydrogen-bond donors (Lipinski definition) is 0. The fourth-order valence-electron chi connectivity index (χ4n) is 4.02. The van der Waals surface area contributed by atoms with Crippen LogP contribution in [0.4, 0.5) is 0 Å². The summed E-state index contributed by atoms with van der Waals surface area (Å²) < 4.78 is 17.4. The third kappa shape index (κ3) is 3.71. The van der Waals surface area contributed by atoms with E-state index in [9.17, 15) is 4.79 Å². The summed E-state index contributed by atoms with van der Waals surface area (Å²) in [5.41, 5.74) is 1.76. The summed E-state index contributed by atoms with van der Waals surface area (Å²) in [4.78, 5) is 18.8. The molecule has 25 heavy (non-hydrogen) atoms. The highest BCUT2D eigenvalue weighted by Crippen LogP contribution is 2.36. The summed E-state index contributed by atoms with van der Waals surface area (Å²) in [6.45, 7) is 5.86. The van der Waals surface area contributed by atoms with E-state index >= 15 is 0 Å². The fourth-order valence-corrected chi connectivity index (χ4v) is 4.02. The van der Waals surface area contributed by atoms with E-state index in [0.717, 1.165) is 30.7 Å². The van der Waals surface area contributed by atoms with Crippen LogP contribution in [0.3, 0.4) is 0 Å². The van der Waals surface area contributed by atoms with Crippen molar-refractivity contribution in [2.75, 3.05) is 32.9 Å². The van der Waals surface area contributed by atoms with Crippen LogP contribution in [0.2, 0.25) is 0 Å². The van der Waals surface area contributed by atoms with E-state index in [1.54, 1.807) is 0 Å². The zero-order valence-electron chi connectivity index (χ0n) is 14.8. The molecule has 3 fully saturated rings. The van der Waals surface area contributed by atoms with E-state index in [1.807, 2.05) is 30.0 Å². The van der Waals surface area contributed by atoms with E-state index < -0.39 is 0 Å². The molecule has 3 saturated heterocycles. The Kier molecular flexibility index (Phi) is 4.75. The number of aromatic nitrogens is 1. The van der Waals surface area contributed by atoms with Gasteiger partial charge in [0, 0.05) is 25.3 Å². The zero-order valence-corrected chi connectivity index (χ0v) is 14.8. The van der Waals surface area contributed by atoms with E-state index in [2.05, 4.69) is 4.98 Å². The molecule has 0 aromatic carbocycles. The average molecular weight is 346 g/mol. The first-order chi connectivity index (χ1) is 12.1. The van der Waals surface area contributed by atoms with Gasteiger partial charge in [-0.15, -0.1) is 0 Å². The van der Waals surface area contributed by atoms with E-state index in [4.69, 9.17) is 14.2 Å². The van der Waals surface area contributed by atoms with Gasteiger partial charge in [-0.25, -0.2) is 0 Å². The second-order valence-electron chi connectivity index (χ2n) is 7.48. The Hall–Kier alpha value is -1.50. The van der Waals surface area contributed by atoms with Gasteiger partial charge in [-0.3, -0.25) is 9.78 Å². The first-order valence-corrected chi connectivity index (χ1v) is 9.18. The summed E-state index contributed by atoms with van der Waals surface area (Å²) in [5, 5.41) is 0. The fraction of sp³-hybridized carbons (Fsp3) is 0.684. The molecule has 1 aromatic heterocycles. The Morgan fingerprint density at radius 3 is 3.00 bits per heavy atom. The highest BCUT2D eigenvalue weighted by atomic mass is 16.5. The van der Waals surface area contributed by atoms with Crippen molar-refractivity contribution in [2.45, 2.75) is 44.5 Å². The lowest BCUT2D eigenvalue weighted by Crippen LogP contribution is -2.68. The summed E-state index contributed by atoms with van der Waals surface area (Å²) >= 11 is 0. The van der Waals surface area contributed by atoms with E-state index in [0.29, 0.717) is 39.5 Å². The predicted molar refractivity (Wildman–Crippen MR) is 91.0 cm³/mol. The Balaban J connectivity index is 1.28. The van der Waals surface area contributed by atoms with Gasteiger partial charge in [-0.05, 0) is 31.9 Å². The molecule has 3 aliphatic heterocycles. The largest absolute Gasteiger partial charge is 0.381 e. The van der Waals surface area contributed by atoms with Gasteiger partial charge in [0.15, 0.2) is 0 Å². The van der Waals surface area contributed by atoms with Crippen molar-refractivity contribution < 1.29 is 19.0 Å². The lowest BCUT2D eigenvalue weighted by atomic mass is 9.84. The Morgan fingerprint density at radius 1 is 1.36 bits per heavy atom. The molecule has 1 spiro atoms. The van der Waals surface area contributed by atoms with Crippen molar-refractivity contribution in [3.63, 3.8) is 0 Å². The topological polar surface area (TPSA) is 60.9 Å². The molecule has 3 aliphatic rings. The predicted octanol–water partition coefficient (Wildman–Crippen LogP) is 1.70. The Bertz CT molecular complexity index is 624. The maximum atomic E-state index is 12.4. The lowest BCUT2D eigenvalue weighted by Gasteiger charge is -2.53. The van der Waals surface area contributed by atoms with Crippen LogP contribution in [-0.4, -0.2) is 60.4 Å². The molecule has 6 heteroatoms. The smallest absolute Gasteiger partial charge is 0.228 e. The number of ether oxygens (including phenoxy) is 3. The summed E-state index contributed by atoms with van der Waals surface area (Å²) in [6.07, 6.45) is 2.77. The van der Waals surface area contributed by atoms with Crippen LogP contribution in [-0.2, 0) is 25.6 Å². The van der Waals surface area contributed by atoms with Crippen LogP contribution in [0.15, 0.2) is 18.2 Å². The van der Waals surface area contributed by atoms with Gasteiger partial charge >= 0.3 is 0 Å². The molecule has 0 bridgehead atoms. The molecular formula is C19H26N2O4. The standard InChI is InChI=1S/C19H26N2O4/c1-14-3-2-4-16(20-14)11-24-17-6-8-25-19(9-17)12-21(13-19)18(22)15-5-7-23-10-15/h2-4,15,17H,5-13H2,1H3/t15-,17-/m1/s1. The first kappa shape index (κ1) is 16.9. The Morgan fingerprint density at radius 2 is 2.24 bits per heavy atom. The number of pyridine rings is 1. The highest BCUT2D eigenvalue weighted by Gasteiger charge is 2.50. The van der Waals surface area contributed by atoms with Gasteiger partial charge in [0.2, 0.25) is 5.91 Å². The van der Waals surface area contributed by atoms with Gasteiger partial charge < -0.3 is 19.1 Å². The quantitative estimate of drug-likeness (QED) is 0.830. The lowest BCUT2D eigenvalue weighted by molar-refractivity contribution is -0.204. The third-order valence-electron chi connectivity index (χ3n) is 5.41. The minimum atomic E-state index is -0.210. The van der Waals surface area contributed by atoms with Gasteiger partial charge in [0.1, 0.15) is 5.60 Å². The van der Waals surface area contributed by atoms with Crippen molar-refractivity contribution in [3.8, 4) is 0 Å². The first-order valence-electron chi connectivity index (χ1n) is 9.18. The highest BCUT2D eigenvalue weighted by molar-refractivity contribution is 5.80. The molecule has 1 amide bonds. The van der Waals surface area contributed by atoms with Crippen molar-refractivity contribution in [1.29, 1.82) is 0 Å². The van der Waals surface area contributed by atoms with Crippen molar-refractivity contribution >= 4 is 5.91 Å². The van der Waals surface area contributed by atoms with Crippen LogP contribution in [0.5, 0.6) is 0 Å². The van der Waals surface area contributed by atoms with E-state index in [1.165, 1.54) is 0 Å². The molecule has 4 heterocycles. The van der Waals surface area contributed by atoms with Crippen LogP contribution < -0.4 is 0 Å². The van der Waals surface area contributed by atoms with Gasteiger partial charge in [0.05, 0.1) is 44.0 Å². The minimum Gasteiger partial charge on any atom is -0.381 e. The minimum absolute atomic E-state index is 0.0420. The third-order valence-corrected chi connectivity index (χ3v) is 5.41. The number of carbonyl (C=O) groups is 1. The van der Waals surface area contributed by atoms with Gasteiger partial charge in [-0.2, -0.15) is 0 Å². The van der Waals surface area contributed by atoms with Crippen molar-refractivity contribution in [3.05, 3.63) is 29.6 Å². The molecule has 0 aliphatic carbocycles. The zero-order chi connectivity index (χ0) is 17.3. The molecule has 1 aromatic rings. The van der Waals surface area contributed by atoms with Crippen LogP contribution in [0.1, 0.15) is 30.7 Å². The number of rotatable bonds is 4. The maximum absolute atomic E-state index is 12.4. The molecule has 0 saturated carbocycles. The molecular weight excluding hydrogens is 320 g/mol. The number of likely N-dealkylation sites (tertiary alicyclic amines) is 1.